The Hall–Kier alpha value is -1.17. The molecular weight excluding hydrogens is 319 g/mol. The SMILES string of the molecule is Cl.O=C(COC1CCCCC1)Nc1ccc2c(c1F)CCNC2. The number of ether oxygens (including phenoxy) is 1. The van der Waals surface area contributed by atoms with Crippen LogP contribution in [0.2, 0.25) is 0 Å². The Balaban J connectivity index is 0.00000192. The van der Waals surface area contributed by atoms with Gasteiger partial charge in [-0.15, -0.1) is 12.4 Å². The lowest BCUT2D eigenvalue weighted by Crippen LogP contribution is -2.27. The molecule has 1 fully saturated rings. The first kappa shape index (κ1) is 18.2. The van der Waals surface area contributed by atoms with Gasteiger partial charge in [-0.05, 0) is 43.0 Å². The van der Waals surface area contributed by atoms with Gasteiger partial charge in [-0.25, -0.2) is 4.39 Å². The van der Waals surface area contributed by atoms with Crippen LogP contribution < -0.4 is 10.6 Å². The van der Waals surface area contributed by atoms with Gasteiger partial charge in [0.15, 0.2) is 0 Å². The summed E-state index contributed by atoms with van der Waals surface area (Å²) in [6, 6.07) is 3.52. The summed E-state index contributed by atoms with van der Waals surface area (Å²) in [5.74, 6) is -0.580. The predicted molar refractivity (Wildman–Crippen MR) is 90.5 cm³/mol. The van der Waals surface area contributed by atoms with Crippen molar-refractivity contribution in [2.24, 2.45) is 0 Å². The molecule has 0 unspecified atom stereocenters. The van der Waals surface area contributed by atoms with Crippen LogP contribution in [0.3, 0.4) is 0 Å². The van der Waals surface area contributed by atoms with Gasteiger partial charge in [0.2, 0.25) is 5.91 Å². The van der Waals surface area contributed by atoms with E-state index in [1.807, 2.05) is 6.07 Å². The van der Waals surface area contributed by atoms with Crippen molar-refractivity contribution < 1.29 is 13.9 Å². The van der Waals surface area contributed by atoms with Crippen molar-refractivity contribution in [2.75, 3.05) is 18.5 Å². The van der Waals surface area contributed by atoms with Crippen LogP contribution in [0.5, 0.6) is 0 Å². The highest BCUT2D eigenvalue weighted by Crippen LogP contribution is 2.25. The van der Waals surface area contributed by atoms with Gasteiger partial charge in [-0.3, -0.25) is 4.79 Å². The van der Waals surface area contributed by atoms with Crippen LogP contribution in [0, 0.1) is 5.82 Å². The third-order valence-electron chi connectivity index (χ3n) is 4.48. The third kappa shape index (κ3) is 4.66. The summed E-state index contributed by atoms with van der Waals surface area (Å²) in [6.45, 7) is 1.46. The molecule has 0 spiro atoms. The van der Waals surface area contributed by atoms with Crippen molar-refractivity contribution in [1.29, 1.82) is 0 Å². The zero-order valence-electron chi connectivity index (χ0n) is 13.2. The Morgan fingerprint density at radius 1 is 1.30 bits per heavy atom. The highest BCUT2D eigenvalue weighted by atomic mass is 35.5. The summed E-state index contributed by atoms with van der Waals surface area (Å²) < 4.78 is 20.1. The molecule has 1 amide bonds. The fourth-order valence-corrected chi connectivity index (χ4v) is 3.24. The summed E-state index contributed by atoms with van der Waals surface area (Å²) in [5.41, 5.74) is 1.95. The molecule has 3 rings (SSSR count). The molecule has 1 aromatic rings. The molecule has 0 aromatic heterocycles. The molecule has 128 valence electrons. The number of carbonyl (C=O) groups excluding carboxylic acids is 1. The normalized spacial score (nSPS) is 18.0. The summed E-state index contributed by atoms with van der Waals surface area (Å²) in [7, 11) is 0. The van der Waals surface area contributed by atoms with E-state index >= 15 is 0 Å². The van der Waals surface area contributed by atoms with E-state index in [1.54, 1.807) is 6.07 Å². The topological polar surface area (TPSA) is 50.4 Å². The van der Waals surface area contributed by atoms with E-state index in [0.29, 0.717) is 18.5 Å². The molecule has 4 nitrogen and oxygen atoms in total. The number of halogens is 2. The summed E-state index contributed by atoms with van der Waals surface area (Å²) in [5, 5.41) is 5.85. The molecule has 0 saturated heterocycles. The molecule has 2 aliphatic rings. The lowest BCUT2D eigenvalue weighted by atomic mass is 9.98. The average Bonchev–Trinajstić information content (AvgIpc) is 2.57. The second-order valence-electron chi connectivity index (χ2n) is 6.11. The maximum atomic E-state index is 14.4. The lowest BCUT2D eigenvalue weighted by Gasteiger charge is -2.22. The minimum Gasteiger partial charge on any atom is -0.368 e. The predicted octanol–water partition coefficient (Wildman–Crippen LogP) is 3.18. The molecule has 1 aliphatic carbocycles. The molecule has 2 N–H and O–H groups in total. The number of carbonyl (C=O) groups is 1. The van der Waals surface area contributed by atoms with Gasteiger partial charge in [0.1, 0.15) is 12.4 Å². The molecule has 1 saturated carbocycles. The first-order valence-electron chi connectivity index (χ1n) is 8.16. The maximum absolute atomic E-state index is 14.4. The second-order valence-corrected chi connectivity index (χ2v) is 6.11. The van der Waals surface area contributed by atoms with E-state index in [1.165, 1.54) is 19.3 Å². The first-order valence-corrected chi connectivity index (χ1v) is 8.16. The molecule has 0 bridgehead atoms. The number of nitrogens with one attached hydrogen (secondary N) is 2. The number of hydrogen-bond acceptors (Lipinski definition) is 3. The van der Waals surface area contributed by atoms with Crippen LogP contribution >= 0.6 is 12.4 Å². The number of hydrogen-bond donors (Lipinski definition) is 2. The number of benzene rings is 1. The Bertz CT molecular complexity index is 548. The molecule has 1 heterocycles. The Labute approximate surface area is 142 Å². The molecule has 23 heavy (non-hydrogen) atoms. The summed E-state index contributed by atoms with van der Waals surface area (Å²) in [4.78, 5) is 12.0. The zero-order valence-corrected chi connectivity index (χ0v) is 14.0. The molecule has 1 aliphatic heterocycles. The van der Waals surface area contributed by atoms with E-state index in [0.717, 1.165) is 24.9 Å². The number of rotatable bonds is 4. The van der Waals surface area contributed by atoms with E-state index in [-0.39, 0.29) is 42.5 Å². The minimum absolute atomic E-state index is 0. The van der Waals surface area contributed by atoms with Gasteiger partial charge in [-0.1, -0.05) is 25.3 Å². The van der Waals surface area contributed by atoms with Crippen molar-refractivity contribution in [2.45, 2.75) is 51.2 Å². The Kier molecular flexibility index (Phi) is 6.81. The Morgan fingerprint density at radius 2 is 2.09 bits per heavy atom. The number of amides is 1. The van der Waals surface area contributed by atoms with Crippen molar-refractivity contribution in [3.8, 4) is 0 Å². The van der Waals surface area contributed by atoms with Gasteiger partial charge in [0.05, 0.1) is 11.8 Å². The standard InChI is InChI=1S/C17H23FN2O2.ClH/c18-17-14-8-9-19-10-12(14)6-7-15(17)20-16(21)11-22-13-4-2-1-3-5-13;/h6-7,13,19H,1-5,8-11H2,(H,20,21);1H. The second kappa shape index (κ2) is 8.62. The molecule has 0 atom stereocenters. The van der Waals surface area contributed by atoms with Crippen LogP contribution in [0.15, 0.2) is 12.1 Å². The smallest absolute Gasteiger partial charge is 0.250 e. The van der Waals surface area contributed by atoms with Crippen molar-refractivity contribution in [3.05, 3.63) is 29.1 Å². The monoisotopic (exact) mass is 342 g/mol. The largest absolute Gasteiger partial charge is 0.368 e. The van der Waals surface area contributed by atoms with Crippen LogP contribution in [-0.4, -0.2) is 25.2 Å². The van der Waals surface area contributed by atoms with E-state index in [4.69, 9.17) is 4.74 Å². The van der Waals surface area contributed by atoms with Gasteiger partial charge < -0.3 is 15.4 Å². The highest BCUT2D eigenvalue weighted by molar-refractivity contribution is 5.92. The molecule has 6 heteroatoms. The van der Waals surface area contributed by atoms with Gasteiger partial charge in [-0.2, -0.15) is 0 Å². The van der Waals surface area contributed by atoms with Crippen molar-refractivity contribution in [3.63, 3.8) is 0 Å². The molecular formula is C17H24ClFN2O2. The number of fused-ring (bicyclic) bond motifs is 1. The quantitative estimate of drug-likeness (QED) is 0.883. The van der Waals surface area contributed by atoms with Crippen molar-refractivity contribution >= 4 is 24.0 Å². The van der Waals surface area contributed by atoms with Gasteiger partial charge in [0, 0.05) is 6.54 Å². The Morgan fingerprint density at radius 3 is 2.87 bits per heavy atom. The number of anilines is 1. The summed E-state index contributed by atoms with van der Waals surface area (Å²) >= 11 is 0. The third-order valence-corrected chi connectivity index (χ3v) is 4.48. The van der Waals surface area contributed by atoms with Crippen LogP contribution in [0.4, 0.5) is 10.1 Å². The molecule has 0 radical (unpaired) electrons. The lowest BCUT2D eigenvalue weighted by molar-refractivity contribution is -0.123. The first-order chi connectivity index (χ1) is 10.7. The van der Waals surface area contributed by atoms with Crippen LogP contribution in [-0.2, 0) is 22.5 Å². The zero-order chi connectivity index (χ0) is 15.4. The fraction of sp³-hybridized carbons (Fsp3) is 0.588. The summed E-state index contributed by atoms with van der Waals surface area (Å²) in [6.07, 6.45) is 6.46. The van der Waals surface area contributed by atoms with Crippen LogP contribution in [0.25, 0.3) is 0 Å². The minimum atomic E-state index is -0.301. The fourth-order valence-electron chi connectivity index (χ4n) is 3.24. The molecule has 1 aromatic carbocycles. The highest BCUT2D eigenvalue weighted by Gasteiger charge is 2.19. The van der Waals surface area contributed by atoms with Crippen molar-refractivity contribution in [1.82, 2.24) is 5.32 Å². The van der Waals surface area contributed by atoms with E-state index < -0.39 is 0 Å². The maximum Gasteiger partial charge on any atom is 0.250 e. The average molecular weight is 343 g/mol. The van der Waals surface area contributed by atoms with E-state index in [2.05, 4.69) is 10.6 Å². The van der Waals surface area contributed by atoms with E-state index in [9.17, 15) is 9.18 Å². The van der Waals surface area contributed by atoms with Gasteiger partial charge in [0.25, 0.3) is 0 Å². The van der Waals surface area contributed by atoms with Gasteiger partial charge >= 0.3 is 0 Å². The van der Waals surface area contributed by atoms with Crippen LogP contribution in [0.1, 0.15) is 43.2 Å².